The topological polar surface area (TPSA) is 132 Å². The van der Waals surface area contributed by atoms with E-state index in [2.05, 4.69) is 5.32 Å². The molecule has 0 amide bonds. The second-order valence-electron chi connectivity index (χ2n) is 5.33. The van der Waals surface area contributed by atoms with Gasteiger partial charge in [0.25, 0.3) is 0 Å². The fourth-order valence-corrected chi connectivity index (χ4v) is 5.13. The molecule has 0 aliphatic carbocycles. The molecule has 2 rings (SSSR count). The van der Waals surface area contributed by atoms with Crippen LogP contribution in [0, 0.1) is 0 Å². The van der Waals surface area contributed by atoms with Crippen molar-refractivity contribution in [3.63, 3.8) is 0 Å². The Morgan fingerprint density at radius 2 is 2.00 bits per heavy atom. The minimum absolute atomic E-state index is 0.0472. The molecule has 0 aromatic heterocycles. The number of anilines is 2. The maximum Gasteiger partial charge on any atom is 0.240 e. The lowest BCUT2D eigenvalue weighted by Crippen LogP contribution is -2.36. The molecule has 20 heavy (non-hydrogen) atoms. The van der Waals surface area contributed by atoms with E-state index in [-0.39, 0.29) is 27.8 Å². The number of hydrogen-bond donors (Lipinski definition) is 3. The summed E-state index contributed by atoms with van der Waals surface area (Å²) in [5.41, 5.74) is 5.38. The Kier molecular flexibility index (Phi) is 3.47. The second-order valence-corrected chi connectivity index (χ2v) is 9.04. The van der Waals surface area contributed by atoms with Crippen LogP contribution in [-0.2, 0) is 19.9 Å². The molecule has 5 N–H and O–H groups in total. The number of sulfonamides is 1. The summed E-state index contributed by atoms with van der Waals surface area (Å²) in [5.74, 6) is 0.0324. The summed E-state index contributed by atoms with van der Waals surface area (Å²) < 4.78 is 46.3. The van der Waals surface area contributed by atoms with E-state index >= 15 is 0 Å². The maximum atomic E-state index is 11.6. The van der Waals surface area contributed by atoms with Crippen molar-refractivity contribution in [2.45, 2.75) is 23.8 Å². The third-order valence-corrected chi connectivity index (χ3v) is 6.11. The second kappa shape index (κ2) is 4.61. The van der Waals surface area contributed by atoms with Crippen LogP contribution in [0.1, 0.15) is 13.3 Å². The van der Waals surface area contributed by atoms with Gasteiger partial charge in [-0.05, 0) is 31.5 Å². The van der Waals surface area contributed by atoms with Crippen molar-refractivity contribution in [3.8, 4) is 0 Å². The van der Waals surface area contributed by atoms with E-state index in [9.17, 15) is 16.8 Å². The van der Waals surface area contributed by atoms with E-state index in [0.29, 0.717) is 6.42 Å². The van der Waals surface area contributed by atoms with Gasteiger partial charge in [-0.15, -0.1) is 0 Å². The fourth-order valence-electron chi connectivity index (χ4n) is 2.31. The van der Waals surface area contributed by atoms with E-state index in [0.717, 1.165) is 0 Å². The van der Waals surface area contributed by atoms with E-state index < -0.39 is 25.4 Å². The van der Waals surface area contributed by atoms with Gasteiger partial charge in [-0.1, -0.05) is 0 Å². The van der Waals surface area contributed by atoms with Crippen molar-refractivity contribution in [2.24, 2.45) is 5.14 Å². The highest BCUT2D eigenvalue weighted by Crippen LogP contribution is 2.31. The minimum Gasteiger partial charge on any atom is -0.399 e. The quantitative estimate of drug-likeness (QED) is 0.667. The Labute approximate surface area is 118 Å². The Morgan fingerprint density at radius 3 is 2.50 bits per heavy atom. The summed E-state index contributed by atoms with van der Waals surface area (Å²) in [7, 11) is -7.04. The van der Waals surface area contributed by atoms with Gasteiger partial charge in [0.15, 0.2) is 9.84 Å². The fraction of sp³-hybridized carbons (Fsp3) is 0.455. The molecule has 1 unspecified atom stereocenters. The average Bonchev–Trinajstić information content (AvgIpc) is 2.54. The SMILES string of the molecule is CC1(Nc2ccc(N)cc2S(N)(=O)=O)CCS(=O)(=O)C1. The van der Waals surface area contributed by atoms with E-state index in [1.54, 1.807) is 6.92 Å². The molecule has 112 valence electrons. The highest BCUT2D eigenvalue weighted by Gasteiger charge is 2.39. The van der Waals surface area contributed by atoms with E-state index in [4.69, 9.17) is 10.9 Å². The average molecular weight is 319 g/mol. The lowest BCUT2D eigenvalue weighted by molar-refractivity contribution is 0.571. The molecule has 1 saturated heterocycles. The van der Waals surface area contributed by atoms with Crippen LogP contribution >= 0.6 is 0 Å². The largest absolute Gasteiger partial charge is 0.399 e. The van der Waals surface area contributed by atoms with Crippen LogP contribution < -0.4 is 16.2 Å². The summed E-state index contributed by atoms with van der Waals surface area (Å²) in [4.78, 5) is -0.136. The number of rotatable bonds is 3. The highest BCUT2D eigenvalue weighted by molar-refractivity contribution is 7.91. The molecule has 9 heteroatoms. The molecule has 1 aromatic carbocycles. The van der Waals surface area contributed by atoms with Crippen LogP contribution in [0.2, 0.25) is 0 Å². The van der Waals surface area contributed by atoms with Crippen LogP contribution in [0.15, 0.2) is 23.1 Å². The summed E-state index contributed by atoms with van der Waals surface area (Å²) in [6.45, 7) is 1.74. The Balaban J connectivity index is 2.40. The molecular weight excluding hydrogens is 302 g/mol. The van der Waals surface area contributed by atoms with Gasteiger partial charge in [0.1, 0.15) is 4.90 Å². The molecule has 1 aromatic rings. The molecule has 0 spiro atoms. The molecule has 1 heterocycles. The molecule has 1 atom stereocenters. The molecular formula is C11H17N3O4S2. The summed E-state index contributed by atoms with van der Waals surface area (Å²) in [6, 6.07) is 4.28. The highest BCUT2D eigenvalue weighted by atomic mass is 32.2. The number of hydrogen-bond acceptors (Lipinski definition) is 6. The van der Waals surface area contributed by atoms with E-state index in [1.807, 2.05) is 0 Å². The van der Waals surface area contributed by atoms with Crippen molar-refractivity contribution in [1.29, 1.82) is 0 Å². The lowest BCUT2D eigenvalue weighted by atomic mass is 10.0. The van der Waals surface area contributed by atoms with Crippen LogP contribution in [0.3, 0.4) is 0 Å². The zero-order valence-corrected chi connectivity index (χ0v) is 12.6. The van der Waals surface area contributed by atoms with Gasteiger partial charge in [0, 0.05) is 11.2 Å². The molecule has 1 aliphatic heterocycles. The summed E-state index contributed by atoms with van der Waals surface area (Å²) >= 11 is 0. The predicted octanol–water partition coefficient (Wildman–Crippen LogP) is -0.0947. The first kappa shape index (κ1) is 15.1. The minimum atomic E-state index is -3.95. The van der Waals surface area contributed by atoms with Gasteiger partial charge in [-0.25, -0.2) is 22.0 Å². The van der Waals surface area contributed by atoms with Gasteiger partial charge in [0.05, 0.1) is 17.2 Å². The van der Waals surface area contributed by atoms with Crippen molar-refractivity contribution >= 4 is 31.2 Å². The zero-order valence-electron chi connectivity index (χ0n) is 11.0. The Morgan fingerprint density at radius 1 is 1.35 bits per heavy atom. The van der Waals surface area contributed by atoms with Crippen molar-refractivity contribution in [3.05, 3.63) is 18.2 Å². The number of nitrogen functional groups attached to an aromatic ring is 1. The van der Waals surface area contributed by atoms with E-state index in [1.165, 1.54) is 18.2 Å². The van der Waals surface area contributed by atoms with Gasteiger partial charge in [-0.3, -0.25) is 0 Å². The molecule has 1 aliphatic rings. The Hall–Kier alpha value is -1.32. The first-order valence-corrected chi connectivity index (χ1v) is 9.29. The number of sulfone groups is 1. The number of primary sulfonamides is 1. The summed E-state index contributed by atoms with van der Waals surface area (Å²) in [5, 5.41) is 8.14. The number of benzene rings is 1. The third-order valence-electron chi connectivity index (χ3n) is 3.25. The first-order valence-electron chi connectivity index (χ1n) is 5.92. The van der Waals surface area contributed by atoms with Crippen LogP contribution in [0.5, 0.6) is 0 Å². The normalized spacial score (nSPS) is 25.5. The molecule has 1 fully saturated rings. The molecule has 0 bridgehead atoms. The smallest absolute Gasteiger partial charge is 0.240 e. The molecule has 0 saturated carbocycles. The Bertz CT molecular complexity index is 743. The van der Waals surface area contributed by atoms with Crippen LogP contribution in [0.25, 0.3) is 0 Å². The lowest BCUT2D eigenvalue weighted by Gasteiger charge is -2.26. The predicted molar refractivity (Wildman–Crippen MR) is 77.5 cm³/mol. The van der Waals surface area contributed by atoms with Gasteiger partial charge in [0.2, 0.25) is 10.0 Å². The number of nitrogens with one attached hydrogen (secondary N) is 1. The molecule has 0 radical (unpaired) electrons. The summed E-state index contributed by atoms with van der Waals surface area (Å²) in [6.07, 6.45) is 0.407. The third kappa shape index (κ3) is 3.22. The van der Waals surface area contributed by atoms with Crippen molar-refractivity contribution in [2.75, 3.05) is 22.6 Å². The van der Waals surface area contributed by atoms with Gasteiger partial charge in [-0.2, -0.15) is 0 Å². The van der Waals surface area contributed by atoms with Crippen LogP contribution in [0.4, 0.5) is 11.4 Å². The molecule has 7 nitrogen and oxygen atoms in total. The van der Waals surface area contributed by atoms with Gasteiger partial charge >= 0.3 is 0 Å². The number of nitrogens with two attached hydrogens (primary N) is 2. The van der Waals surface area contributed by atoms with Crippen molar-refractivity contribution < 1.29 is 16.8 Å². The van der Waals surface area contributed by atoms with Crippen LogP contribution in [-0.4, -0.2) is 33.9 Å². The zero-order chi connectivity index (χ0) is 15.2. The standard InChI is InChI=1S/C11H17N3O4S2/c1-11(4-5-19(15,16)7-11)14-9-3-2-8(12)6-10(9)20(13,17)18/h2-3,6,14H,4-5,7,12H2,1H3,(H2,13,17,18). The van der Waals surface area contributed by atoms with Crippen molar-refractivity contribution in [1.82, 2.24) is 0 Å². The first-order chi connectivity index (χ1) is 9.01. The monoisotopic (exact) mass is 319 g/mol. The van der Waals surface area contributed by atoms with Gasteiger partial charge < -0.3 is 11.1 Å². The maximum absolute atomic E-state index is 11.6.